The third-order valence-electron chi connectivity index (χ3n) is 4.41. The molecule has 0 aromatic carbocycles. The van der Waals surface area contributed by atoms with Crippen LogP contribution in [0.5, 0.6) is 0 Å². The molecular weight excluding hydrogens is 398 g/mol. The SMILES string of the molecule is Cc1cc(C)nc(N[C@H](c2ccccn2)c2cc(C)sc2NC(=O)c2ccco2)n1. The predicted octanol–water partition coefficient (Wildman–Crippen LogP) is 4.91. The standard InChI is InChI=1S/C22H21N5O2S/c1-13-11-14(2)25-22(24-13)26-19(17-7-4-5-9-23-17)16-12-15(3)30-21(16)27-20(28)18-8-6-10-29-18/h4-12,19H,1-3H3,(H,27,28)(H,24,25,26)/t19-/m0/s1. The molecule has 4 rings (SSSR count). The summed E-state index contributed by atoms with van der Waals surface area (Å²) in [6, 6.07) is 12.7. The van der Waals surface area contributed by atoms with E-state index in [1.807, 2.05) is 51.1 Å². The Hall–Kier alpha value is -3.52. The van der Waals surface area contributed by atoms with Crippen molar-refractivity contribution in [3.05, 3.63) is 88.2 Å². The summed E-state index contributed by atoms with van der Waals surface area (Å²) in [6.45, 7) is 5.86. The van der Waals surface area contributed by atoms with Crippen LogP contribution >= 0.6 is 11.3 Å². The van der Waals surface area contributed by atoms with Gasteiger partial charge in [-0.3, -0.25) is 9.78 Å². The molecule has 8 heteroatoms. The van der Waals surface area contributed by atoms with E-state index in [0.717, 1.165) is 32.5 Å². The number of hydrogen-bond donors (Lipinski definition) is 2. The molecule has 0 aliphatic heterocycles. The van der Waals surface area contributed by atoms with Crippen molar-refractivity contribution in [2.75, 3.05) is 10.6 Å². The number of carbonyl (C=O) groups excluding carboxylic acids is 1. The predicted molar refractivity (Wildman–Crippen MR) is 117 cm³/mol. The van der Waals surface area contributed by atoms with Crippen molar-refractivity contribution in [1.29, 1.82) is 0 Å². The number of anilines is 2. The average Bonchev–Trinajstić information content (AvgIpc) is 3.36. The number of nitrogens with one attached hydrogen (secondary N) is 2. The van der Waals surface area contributed by atoms with E-state index in [-0.39, 0.29) is 17.7 Å². The minimum atomic E-state index is -0.343. The van der Waals surface area contributed by atoms with Crippen LogP contribution in [0.1, 0.15) is 44.1 Å². The second kappa shape index (κ2) is 8.46. The zero-order chi connectivity index (χ0) is 21.1. The topological polar surface area (TPSA) is 92.9 Å². The lowest BCUT2D eigenvalue weighted by Gasteiger charge is -2.20. The summed E-state index contributed by atoms with van der Waals surface area (Å²) < 4.78 is 5.23. The van der Waals surface area contributed by atoms with Gasteiger partial charge in [0.2, 0.25) is 5.95 Å². The summed E-state index contributed by atoms with van der Waals surface area (Å²) in [5, 5.41) is 7.10. The van der Waals surface area contributed by atoms with Crippen LogP contribution in [0.3, 0.4) is 0 Å². The van der Waals surface area contributed by atoms with E-state index in [9.17, 15) is 4.79 Å². The zero-order valence-corrected chi connectivity index (χ0v) is 17.7. The number of thiophene rings is 1. The van der Waals surface area contributed by atoms with Gasteiger partial charge in [-0.05, 0) is 57.2 Å². The van der Waals surface area contributed by atoms with Gasteiger partial charge >= 0.3 is 0 Å². The third kappa shape index (κ3) is 4.38. The van der Waals surface area contributed by atoms with E-state index in [1.165, 1.54) is 17.6 Å². The number of nitrogens with zero attached hydrogens (tertiary/aromatic N) is 3. The van der Waals surface area contributed by atoms with E-state index in [1.54, 1.807) is 18.3 Å². The lowest BCUT2D eigenvalue weighted by Crippen LogP contribution is -2.18. The summed E-state index contributed by atoms with van der Waals surface area (Å²) in [7, 11) is 0. The normalized spacial score (nSPS) is 11.8. The molecule has 0 spiro atoms. The molecule has 152 valence electrons. The van der Waals surface area contributed by atoms with Crippen LogP contribution in [0.4, 0.5) is 10.9 Å². The van der Waals surface area contributed by atoms with Crippen LogP contribution in [-0.2, 0) is 0 Å². The van der Waals surface area contributed by atoms with E-state index >= 15 is 0 Å². The smallest absolute Gasteiger partial charge is 0.291 e. The van der Waals surface area contributed by atoms with E-state index < -0.39 is 0 Å². The lowest BCUT2D eigenvalue weighted by atomic mass is 10.0. The molecule has 0 saturated carbocycles. The fourth-order valence-corrected chi connectivity index (χ4v) is 4.14. The van der Waals surface area contributed by atoms with Crippen molar-refractivity contribution in [2.24, 2.45) is 0 Å². The number of amides is 1. The number of rotatable bonds is 6. The van der Waals surface area contributed by atoms with Crippen molar-refractivity contribution in [1.82, 2.24) is 15.0 Å². The summed E-state index contributed by atoms with van der Waals surface area (Å²) >= 11 is 1.50. The second-order valence-corrected chi connectivity index (χ2v) is 8.14. The number of hydrogen-bond acceptors (Lipinski definition) is 7. The van der Waals surface area contributed by atoms with Crippen molar-refractivity contribution >= 4 is 28.2 Å². The molecule has 4 aromatic heterocycles. The second-order valence-electron chi connectivity index (χ2n) is 6.88. The van der Waals surface area contributed by atoms with Gasteiger partial charge in [-0.15, -0.1) is 11.3 Å². The summed E-state index contributed by atoms with van der Waals surface area (Å²) in [4.78, 5) is 27.2. The molecule has 7 nitrogen and oxygen atoms in total. The average molecular weight is 420 g/mol. The Morgan fingerprint density at radius 2 is 1.87 bits per heavy atom. The van der Waals surface area contributed by atoms with Crippen LogP contribution in [0, 0.1) is 20.8 Å². The molecule has 0 aliphatic rings. The first-order valence-corrected chi connectivity index (χ1v) is 10.3. The summed E-state index contributed by atoms with van der Waals surface area (Å²) in [5.74, 6) is 0.466. The van der Waals surface area contributed by atoms with Gasteiger partial charge in [-0.2, -0.15) is 0 Å². The Kier molecular flexibility index (Phi) is 5.58. The highest BCUT2D eigenvalue weighted by Crippen LogP contribution is 2.36. The Balaban J connectivity index is 1.73. The molecule has 0 aliphatic carbocycles. The maximum Gasteiger partial charge on any atom is 0.291 e. The van der Waals surface area contributed by atoms with Gasteiger partial charge in [-0.25, -0.2) is 9.97 Å². The molecule has 1 atom stereocenters. The number of pyridine rings is 1. The Labute approximate surface area is 178 Å². The monoisotopic (exact) mass is 419 g/mol. The van der Waals surface area contributed by atoms with E-state index in [2.05, 4.69) is 25.6 Å². The van der Waals surface area contributed by atoms with E-state index in [0.29, 0.717) is 5.95 Å². The quantitative estimate of drug-likeness (QED) is 0.461. The van der Waals surface area contributed by atoms with E-state index in [4.69, 9.17) is 4.42 Å². The highest BCUT2D eigenvalue weighted by Gasteiger charge is 2.24. The third-order valence-corrected chi connectivity index (χ3v) is 5.39. The Bertz CT molecular complexity index is 1140. The van der Waals surface area contributed by atoms with Gasteiger partial charge in [0.15, 0.2) is 5.76 Å². The minimum absolute atomic E-state index is 0.256. The van der Waals surface area contributed by atoms with Crippen LogP contribution < -0.4 is 10.6 Å². The van der Waals surface area contributed by atoms with Gasteiger partial charge in [0.05, 0.1) is 18.0 Å². The molecule has 4 aromatic rings. The largest absolute Gasteiger partial charge is 0.459 e. The molecule has 30 heavy (non-hydrogen) atoms. The molecule has 0 fully saturated rings. The van der Waals surface area contributed by atoms with Gasteiger partial charge in [0.1, 0.15) is 5.00 Å². The molecule has 2 N–H and O–H groups in total. The summed E-state index contributed by atoms with van der Waals surface area (Å²) in [5.41, 5.74) is 3.43. The minimum Gasteiger partial charge on any atom is -0.459 e. The highest BCUT2D eigenvalue weighted by atomic mass is 32.1. The molecular formula is C22H21N5O2S. The molecule has 0 unspecified atom stereocenters. The van der Waals surface area contributed by atoms with Crippen LogP contribution in [0.15, 0.2) is 59.3 Å². The first kappa shape index (κ1) is 19.8. The Morgan fingerprint density at radius 3 is 2.53 bits per heavy atom. The van der Waals surface area contributed by atoms with Gasteiger partial charge in [0, 0.05) is 28.0 Å². The molecule has 0 radical (unpaired) electrons. The number of furan rings is 1. The highest BCUT2D eigenvalue weighted by molar-refractivity contribution is 7.16. The van der Waals surface area contributed by atoms with Gasteiger partial charge in [-0.1, -0.05) is 6.07 Å². The maximum atomic E-state index is 12.6. The Morgan fingerprint density at radius 1 is 1.07 bits per heavy atom. The number of aromatic nitrogens is 3. The van der Waals surface area contributed by atoms with Crippen molar-refractivity contribution in [3.8, 4) is 0 Å². The van der Waals surface area contributed by atoms with Crippen LogP contribution in [0.25, 0.3) is 0 Å². The molecule has 4 heterocycles. The van der Waals surface area contributed by atoms with Crippen LogP contribution in [0.2, 0.25) is 0 Å². The fourth-order valence-electron chi connectivity index (χ4n) is 3.20. The van der Waals surface area contributed by atoms with Crippen LogP contribution in [-0.4, -0.2) is 20.9 Å². The summed E-state index contributed by atoms with van der Waals surface area (Å²) in [6.07, 6.45) is 3.22. The number of carbonyl (C=O) groups is 1. The van der Waals surface area contributed by atoms with Crippen molar-refractivity contribution in [3.63, 3.8) is 0 Å². The van der Waals surface area contributed by atoms with Gasteiger partial charge in [0.25, 0.3) is 5.91 Å². The van der Waals surface area contributed by atoms with Gasteiger partial charge < -0.3 is 15.1 Å². The molecule has 0 saturated heterocycles. The zero-order valence-electron chi connectivity index (χ0n) is 16.8. The van der Waals surface area contributed by atoms with Crippen molar-refractivity contribution < 1.29 is 9.21 Å². The molecule has 1 amide bonds. The number of aryl methyl sites for hydroxylation is 3. The first-order valence-electron chi connectivity index (χ1n) is 9.44. The molecule has 0 bridgehead atoms. The maximum absolute atomic E-state index is 12.6. The fraction of sp³-hybridized carbons (Fsp3) is 0.182. The lowest BCUT2D eigenvalue weighted by molar-refractivity contribution is 0.0997. The first-order chi connectivity index (χ1) is 14.5. The van der Waals surface area contributed by atoms with Crippen molar-refractivity contribution in [2.45, 2.75) is 26.8 Å².